The number of likely N-dealkylation sites (tertiary alicyclic amines) is 1. The maximum atomic E-state index is 12.2. The number of fused-ring (bicyclic) bond motifs is 1. The highest BCUT2D eigenvalue weighted by Gasteiger charge is 2.19. The molecule has 2 N–H and O–H groups in total. The molecular weight excluding hydrogens is 358 g/mol. The van der Waals surface area contributed by atoms with Crippen LogP contribution in [0.15, 0.2) is 60.8 Å². The summed E-state index contributed by atoms with van der Waals surface area (Å²) in [6, 6.07) is 19.1. The van der Waals surface area contributed by atoms with Crippen molar-refractivity contribution in [2.24, 2.45) is 5.92 Å². The molecule has 29 heavy (non-hydrogen) atoms. The first-order valence-corrected chi connectivity index (χ1v) is 10.9. The number of carbonyl (C=O) groups is 1. The van der Waals surface area contributed by atoms with Crippen LogP contribution in [0.3, 0.4) is 0 Å². The maximum Gasteiger partial charge on any atom is 0.221 e. The largest absolute Gasteiger partial charge is 0.361 e. The van der Waals surface area contributed by atoms with Crippen molar-refractivity contribution in [1.82, 2.24) is 15.2 Å². The molecule has 152 valence electrons. The van der Waals surface area contributed by atoms with Crippen molar-refractivity contribution in [3.63, 3.8) is 0 Å². The fourth-order valence-electron chi connectivity index (χ4n) is 4.38. The molecule has 0 unspecified atom stereocenters. The van der Waals surface area contributed by atoms with Crippen LogP contribution in [0.25, 0.3) is 10.9 Å². The van der Waals surface area contributed by atoms with E-state index >= 15 is 0 Å². The third-order valence-electron chi connectivity index (χ3n) is 6.12. The zero-order valence-electron chi connectivity index (χ0n) is 17.1. The predicted molar refractivity (Wildman–Crippen MR) is 119 cm³/mol. The zero-order valence-corrected chi connectivity index (χ0v) is 17.1. The van der Waals surface area contributed by atoms with Gasteiger partial charge in [-0.2, -0.15) is 0 Å². The lowest BCUT2D eigenvalue weighted by molar-refractivity contribution is -0.121. The summed E-state index contributed by atoms with van der Waals surface area (Å²) in [4.78, 5) is 18.0. The Hall–Kier alpha value is -2.59. The van der Waals surface area contributed by atoms with Gasteiger partial charge in [0.15, 0.2) is 0 Å². The van der Waals surface area contributed by atoms with E-state index in [0.717, 1.165) is 37.5 Å². The molecule has 1 fully saturated rings. The van der Waals surface area contributed by atoms with Crippen molar-refractivity contribution in [2.75, 3.05) is 26.2 Å². The van der Waals surface area contributed by atoms with Gasteiger partial charge in [-0.25, -0.2) is 0 Å². The van der Waals surface area contributed by atoms with Crippen LogP contribution in [0.4, 0.5) is 0 Å². The molecule has 1 aromatic heterocycles. The topological polar surface area (TPSA) is 48.1 Å². The van der Waals surface area contributed by atoms with Crippen LogP contribution >= 0.6 is 0 Å². The van der Waals surface area contributed by atoms with Crippen LogP contribution in [0, 0.1) is 5.92 Å². The van der Waals surface area contributed by atoms with Crippen molar-refractivity contribution < 1.29 is 4.79 Å². The molecular formula is C25H31N3O. The summed E-state index contributed by atoms with van der Waals surface area (Å²) in [6.07, 6.45) is 7.16. The SMILES string of the molecule is O=C(CCN1CCC(Cc2ccccc2)CC1)NCCc1c[nH]c2ccccc12. The van der Waals surface area contributed by atoms with Gasteiger partial charge in [-0.1, -0.05) is 48.5 Å². The van der Waals surface area contributed by atoms with Gasteiger partial charge in [0.2, 0.25) is 5.91 Å². The Bertz CT molecular complexity index is 910. The summed E-state index contributed by atoms with van der Waals surface area (Å²) in [6.45, 7) is 3.79. The number of nitrogens with zero attached hydrogens (tertiary/aromatic N) is 1. The second-order valence-corrected chi connectivity index (χ2v) is 8.18. The lowest BCUT2D eigenvalue weighted by atomic mass is 9.90. The van der Waals surface area contributed by atoms with Crippen molar-refractivity contribution in [3.05, 3.63) is 71.9 Å². The van der Waals surface area contributed by atoms with Gasteiger partial charge in [0.1, 0.15) is 0 Å². The normalized spacial score (nSPS) is 15.6. The number of carbonyl (C=O) groups excluding carboxylic acids is 1. The molecule has 1 aliphatic heterocycles. The van der Waals surface area contributed by atoms with Gasteiger partial charge < -0.3 is 15.2 Å². The fourth-order valence-corrected chi connectivity index (χ4v) is 4.38. The molecule has 1 aliphatic rings. The number of hydrogen-bond donors (Lipinski definition) is 2. The Morgan fingerprint density at radius 3 is 2.62 bits per heavy atom. The van der Waals surface area contributed by atoms with Crippen LogP contribution in [-0.2, 0) is 17.6 Å². The van der Waals surface area contributed by atoms with Crippen LogP contribution < -0.4 is 5.32 Å². The molecule has 3 aromatic rings. The van der Waals surface area contributed by atoms with E-state index in [1.807, 2.05) is 6.07 Å². The number of H-pyrrole nitrogens is 1. The molecule has 2 aromatic carbocycles. The Balaban J connectivity index is 1.12. The molecule has 4 nitrogen and oxygen atoms in total. The number of hydrogen-bond acceptors (Lipinski definition) is 2. The molecule has 1 saturated heterocycles. The quantitative estimate of drug-likeness (QED) is 0.607. The molecule has 4 rings (SSSR count). The summed E-state index contributed by atoms with van der Waals surface area (Å²) >= 11 is 0. The lowest BCUT2D eigenvalue weighted by Gasteiger charge is -2.31. The van der Waals surface area contributed by atoms with E-state index in [0.29, 0.717) is 13.0 Å². The predicted octanol–water partition coefficient (Wildman–Crippen LogP) is 4.17. The number of piperidine rings is 1. The van der Waals surface area contributed by atoms with Crippen molar-refractivity contribution >= 4 is 16.8 Å². The van der Waals surface area contributed by atoms with Gasteiger partial charge in [0, 0.05) is 36.6 Å². The standard InChI is InChI=1S/C25H31N3O/c29-25(26-14-10-22-19-27-24-9-5-4-8-23(22)24)13-17-28-15-11-21(12-16-28)18-20-6-2-1-3-7-20/h1-9,19,21,27H,10-18H2,(H,26,29). The van der Waals surface area contributed by atoms with Crippen LogP contribution in [0.2, 0.25) is 0 Å². The van der Waals surface area contributed by atoms with E-state index < -0.39 is 0 Å². The van der Waals surface area contributed by atoms with Gasteiger partial charge in [0.05, 0.1) is 0 Å². The third kappa shape index (κ3) is 5.48. The van der Waals surface area contributed by atoms with E-state index in [-0.39, 0.29) is 5.91 Å². The minimum atomic E-state index is 0.163. The van der Waals surface area contributed by atoms with Gasteiger partial charge in [-0.15, -0.1) is 0 Å². The molecule has 0 radical (unpaired) electrons. The molecule has 0 saturated carbocycles. The van der Waals surface area contributed by atoms with Gasteiger partial charge in [0.25, 0.3) is 0 Å². The first-order chi connectivity index (χ1) is 14.3. The van der Waals surface area contributed by atoms with E-state index in [2.05, 4.69) is 69.9 Å². The Labute approximate surface area is 173 Å². The second-order valence-electron chi connectivity index (χ2n) is 8.18. The average molecular weight is 390 g/mol. The first-order valence-electron chi connectivity index (χ1n) is 10.9. The molecule has 0 bridgehead atoms. The van der Waals surface area contributed by atoms with E-state index in [4.69, 9.17) is 0 Å². The highest BCUT2D eigenvalue weighted by atomic mass is 16.1. The molecule has 0 aliphatic carbocycles. The molecule has 2 heterocycles. The Kier molecular flexibility index (Phi) is 6.63. The highest BCUT2D eigenvalue weighted by Crippen LogP contribution is 2.21. The molecule has 4 heteroatoms. The number of amides is 1. The van der Waals surface area contributed by atoms with E-state index in [9.17, 15) is 4.79 Å². The number of benzene rings is 2. The van der Waals surface area contributed by atoms with Crippen LogP contribution in [0.5, 0.6) is 0 Å². The minimum Gasteiger partial charge on any atom is -0.361 e. The van der Waals surface area contributed by atoms with Gasteiger partial charge >= 0.3 is 0 Å². The fraction of sp³-hybridized carbons (Fsp3) is 0.400. The zero-order chi connectivity index (χ0) is 19.9. The summed E-state index contributed by atoms with van der Waals surface area (Å²) < 4.78 is 0. The molecule has 0 spiro atoms. The number of para-hydroxylation sites is 1. The van der Waals surface area contributed by atoms with Crippen molar-refractivity contribution in [2.45, 2.75) is 32.1 Å². The summed E-state index contributed by atoms with van der Waals surface area (Å²) in [5.74, 6) is 0.940. The number of nitrogens with one attached hydrogen (secondary N) is 2. The smallest absolute Gasteiger partial charge is 0.221 e. The van der Waals surface area contributed by atoms with E-state index in [1.165, 1.54) is 35.8 Å². The number of aromatic amines is 1. The molecule has 1 amide bonds. The lowest BCUT2D eigenvalue weighted by Crippen LogP contribution is -2.37. The Morgan fingerprint density at radius 1 is 1.03 bits per heavy atom. The van der Waals surface area contributed by atoms with Crippen LogP contribution in [0.1, 0.15) is 30.4 Å². The van der Waals surface area contributed by atoms with Crippen LogP contribution in [-0.4, -0.2) is 42.0 Å². The summed E-state index contributed by atoms with van der Waals surface area (Å²) in [5, 5.41) is 4.34. The minimum absolute atomic E-state index is 0.163. The third-order valence-corrected chi connectivity index (χ3v) is 6.12. The second kappa shape index (κ2) is 9.75. The molecule has 0 atom stereocenters. The Morgan fingerprint density at radius 2 is 1.79 bits per heavy atom. The summed E-state index contributed by atoms with van der Waals surface area (Å²) in [5.41, 5.74) is 3.87. The van der Waals surface area contributed by atoms with Crippen molar-refractivity contribution in [3.8, 4) is 0 Å². The van der Waals surface area contributed by atoms with Crippen molar-refractivity contribution in [1.29, 1.82) is 0 Å². The number of rotatable bonds is 8. The number of aromatic nitrogens is 1. The highest BCUT2D eigenvalue weighted by molar-refractivity contribution is 5.83. The van der Waals surface area contributed by atoms with Gasteiger partial charge in [-0.05, 0) is 61.9 Å². The average Bonchev–Trinajstić information content (AvgIpc) is 3.17. The maximum absolute atomic E-state index is 12.2. The monoisotopic (exact) mass is 389 g/mol. The van der Waals surface area contributed by atoms with Gasteiger partial charge in [-0.3, -0.25) is 4.79 Å². The van der Waals surface area contributed by atoms with E-state index in [1.54, 1.807) is 0 Å². The first kappa shape index (κ1) is 19.7. The summed E-state index contributed by atoms with van der Waals surface area (Å²) in [7, 11) is 0.